The van der Waals surface area contributed by atoms with Crippen LogP contribution >= 0.6 is 0 Å². The number of hydrogen-bond donors (Lipinski definition) is 1. The fraction of sp³-hybridized carbons (Fsp3) is 0.240. The molecule has 0 fully saturated rings. The van der Waals surface area contributed by atoms with E-state index in [1.54, 1.807) is 43.4 Å². The van der Waals surface area contributed by atoms with Gasteiger partial charge in [-0.15, -0.1) is 0 Å². The molecule has 0 aliphatic carbocycles. The van der Waals surface area contributed by atoms with Crippen molar-refractivity contribution in [3.63, 3.8) is 0 Å². The lowest BCUT2D eigenvalue weighted by Gasteiger charge is -2.21. The summed E-state index contributed by atoms with van der Waals surface area (Å²) in [6.07, 6.45) is -2.82. The fourth-order valence-electron chi connectivity index (χ4n) is 3.04. The molecule has 178 valence electrons. The molecular formula is C25H23F3N2O4. The van der Waals surface area contributed by atoms with Crippen LogP contribution in [0.4, 0.5) is 18.9 Å². The van der Waals surface area contributed by atoms with Crippen molar-refractivity contribution in [2.24, 2.45) is 0 Å². The van der Waals surface area contributed by atoms with E-state index in [-0.39, 0.29) is 12.3 Å². The molecule has 0 saturated carbocycles. The molecular weight excluding hydrogens is 449 g/mol. The van der Waals surface area contributed by atoms with Crippen LogP contribution in [0.3, 0.4) is 0 Å². The molecule has 0 bridgehead atoms. The number of halogens is 3. The third-order valence-corrected chi connectivity index (χ3v) is 5.18. The molecule has 9 heteroatoms. The second-order valence-corrected chi connectivity index (χ2v) is 8.17. The quantitative estimate of drug-likeness (QED) is 0.510. The zero-order chi connectivity index (χ0) is 25.1. The first kappa shape index (κ1) is 24.8. The van der Waals surface area contributed by atoms with E-state index in [1.165, 1.54) is 37.1 Å². The Bertz CT molecular complexity index is 1160. The molecule has 1 amide bonds. The number of hydrogen-bond acceptors (Lipinski definition) is 4. The maximum atomic E-state index is 12.7. The predicted molar refractivity (Wildman–Crippen MR) is 121 cm³/mol. The largest absolute Gasteiger partial charge is 0.478 e. The van der Waals surface area contributed by atoms with Crippen LogP contribution in [0.1, 0.15) is 25.0 Å². The topological polar surface area (TPSA) is 79.7 Å². The molecule has 0 unspecified atom stereocenters. The van der Waals surface area contributed by atoms with Gasteiger partial charge in [-0.25, -0.2) is 4.79 Å². The van der Waals surface area contributed by atoms with Gasteiger partial charge in [0.2, 0.25) is 5.91 Å². The summed E-state index contributed by atoms with van der Waals surface area (Å²) in [7, 11) is 1.60. The van der Waals surface area contributed by atoms with Crippen molar-refractivity contribution in [2.45, 2.75) is 32.0 Å². The molecule has 34 heavy (non-hydrogen) atoms. The Hall–Kier alpha value is -3.88. The summed E-state index contributed by atoms with van der Waals surface area (Å²) >= 11 is 0. The highest BCUT2D eigenvalue weighted by atomic mass is 19.4. The van der Waals surface area contributed by atoms with Crippen LogP contribution in [0.15, 0.2) is 66.9 Å². The number of ether oxygens (including phenoxy) is 1. The monoisotopic (exact) mass is 472 g/mol. The van der Waals surface area contributed by atoms with Gasteiger partial charge in [-0.2, -0.15) is 13.2 Å². The number of likely N-dealkylation sites (N-methyl/N-ethyl adjacent to an activating group) is 1. The van der Waals surface area contributed by atoms with E-state index in [0.29, 0.717) is 28.3 Å². The van der Waals surface area contributed by atoms with E-state index in [2.05, 4.69) is 4.98 Å². The summed E-state index contributed by atoms with van der Waals surface area (Å²) in [4.78, 5) is 29.6. The Morgan fingerprint density at radius 3 is 2.09 bits per heavy atom. The molecule has 1 heterocycles. The number of pyridine rings is 1. The maximum absolute atomic E-state index is 12.7. The summed E-state index contributed by atoms with van der Waals surface area (Å²) in [6, 6.07) is 14.6. The molecule has 0 aliphatic rings. The number of alkyl halides is 3. The maximum Gasteiger partial charge on any atom is 0.416 e. The molecule has 0 aliphatic heterocycles. The van der Waals surface area contributed by atoms with Crippen LogP contribution in [0.25, 0.3) is 11.3 Å². The highest BCUT2D eigenvalue weighted by molar-refractivity contribution is 5.94. The third kappa shape index (κ3) is 5.92. The molecule has 1 N–H and O–H groups in total. The second kappa shape index (κ2) is 9.54. The van der Waals surface area contributed by atoms with Crippen LogP contribution in [0, 0.1) is 0 Å². The number of aromatic nitrogens is 1. The Balaban J connectivity index is 1.64. The van der Waals surface area contributed by atoms with Gasteiger partial charge in [0.05, 0.1) is 29.6 Å². The first-order valence-corrected chi connectivity index (χ1v) is 10.3. The number of nitrogens with zero attached hydrogens (tertiary/aromatic N) is 2. The lowest BCUT2D eigenvalue weighted by Crippen LogP contribution is -2.37. The normalized spacial score (nSPS) is 11.7. The molecule has 0 radical (unpaired) electrons. The smallest absolute Gasteiger partial charge is 0.416 e. The molecule has 6 nitrogen and oxygen atoms in total. The number of carbonyl (C=O) groups is 2. The number of aliphatic carboxylic acids is 1. The van der Waals surface area contributed by atoms with Crippen molar-refractivity contribution in [3.8, 4) is 17.0 Å². The van der Waals surface area contributed by atoms with Crippen LogP contribution in [0.5, 0.6) is 5.75 Å². The highest BCUT2D eigenvalue weighted by Gasteiger charge is 2.30. The van der Waals surface area contributed by atoms with Crippen LogP contribution in [0.2, 0.25) is 0 Å². The van der Waals surface area contributed by atoms with Gasteiger partial charge >= 0.3 is 12.1 Å². The van der Waals surface area contributed by atoms with Gasteiger partial charge in [-0.05, 0) is 55.8 Å². The Morgan fingerprint density at radius 2 is 1.59 bits per heavy atom. The van der Waals surface area contributed by atoms with E-state index in [1.807, 2.05) is 0 Å². The first-order chi connectivity index (χ1) is 15.9. The van der Waals surface area contributed by atoms with Crippen LogP contribution in [-0.2, 0) is 22.2 Å². The van der Waals surface area contributed by atoms with Crippen molar-refractivity contribution in [1.82, 2.24) is 4.98 Å². The Labute approximate surface area is 194 Å². The number of rotatable bonds is 7. The third-order valence-electron chi connectivity index (χ3n) is 5.18. The van der Waals surface area contributed by atoms with Crippen molar-refractivity contribution in [3.05, 3.63) is 78.0 Å². The SMILES string of the molecule is CN(C(=O)Cc1ccc(OC(C)(C)C(=O)O)cc1)c1ccc(-c2ccc(C(F)(F)F)cc2)nc1. The fourth-order valence-corrected chi connectivity index (χ4v) is 3.04. The van der Waals surface area contributed by atoms with Gasteiger partial charge < -0.3 is 14.7 Å². The molecule has 3 rings (SSSR count). The van der Waals surface area contributed by atoms with Gasteiger partial charge in [0, 0.05) is 12.6 Å². The number of carboxylic acid groups (broad SMARTS) is 1. The Kier molecular flexibility index (Phi) is 6.95. The number of benzene rings is 2. The van der Waals surface area contributed by atoms with E-state index in [4.69, 9.17) is 9.84 Å². The minimum absolute atomic E-state index is 0.0970. The van der Waals surface area contributed by atoms with E-state index >= 15 is 0 Å². The summed E-state index contributed by atoms with van der Waals surface area (Å²) in [5.41, 5.74) is 0.149. The van der Waals surface area contributed by atoms with Gasteiger partial charge in [0.1, 0.15) is 5.75 Å². The molecule has 2 aromatic carbocycles. The average Bonchev–Trinajstić information content (AvgIpc) is 2.79. The lowest BCUT2D eigenvalue weighted by molar-refractivity contribution is -0.152. The van der Waals surface area contributed by atoms with Crippen molar-refractivity contribution < 1.29 is 32.6 Å². The van der Waals surface area contributed by atoms with E-state index in [9.17, 15) is 22.8 Å². The van der Waals surface area contributed by atoms with Crippen molar-refractivity contribution in [2.75, 3.05) is 11.9 Å². The van der Waals surface area contributed by atoms with Crippen molar-refractivity contribution in [1.29, 1.82) is 0 Å². The zero-order valence-corrected chi connectivity index (χ0v) is 18.8. The zero-order valence-electron chi connectivity index (χ0n) is 18.8. The molecule has 0 saturated heterocycles. The Morgan fingerprint density at radius 1 is 0.971 bits per heavy atom. The van der Waals surface area contributed by atoms with Crippen LogP contribution in [-0.4, -0.2) is 34.6 Å². The second-order valence-electron chi connectivity index (χ2n) is 8.17. The van der Waals surface area contributed by atoms with Gasteiger partial charge in [-0.1, -0.05) is 24.3 Å². The molecule has 1 aromatic heterocycles. The predicted octanol–water partition coefficient (Wildman–Crippen LogP) is 5.21. The van der Waals surface area contributed by atoms with E-state index < -0.39 is 23.3 Å². The summed E-state index contributed by atoms with van der Waals surface area (Å²) in [6.45, 7) is 2.89. The first-order valence-electron chi connectivity index (χ1n) is 10.3. The van der Waals surface area contributed by atoms with Gasteiger partial charge in [-0.3, -0.25) is 9.78 Å². The van der Waals surface area contributed by atoms with Gasteiger partial charge in [0.15, 0.2) is 5.60 Å². The van der Waals surface area contributed by atoms with E-state index in [0.717, 1.165) is 12.1 Å². The summed E-state index contributed by atoms with van der Waals surface area (Å²) in [5, 5.41) is 9.15. The number of carbonyl (C=O) groups excluding carboxylic acids is 1. The van der Waals surface area contributed by atoms with Crippen LogP contribution < -0.4 is 9.64 Å². The van der Waals surface area contributed by atoms with Crippen molar-refractivity contribution >= 4 is 17.6 Å². The minimum Gasteiger partial charge on any atom is -0.478 e. The number of anilines is 1. The molecule has 0 atom stereocenters. The minimum atomic E-state index is -4.40. The lowest BCUT2D eigenvalue weighted by atomic mass is 10.1. The van der Waals surface area contributed by atoms with Gasteiger partial charge in [0.25, 0.3) is 0 Å². The highest BCUT2D eigenvalue weighted by Crippen LogP contribution is 2.31. The standard InChI is InChI=1S/C25H23F3N2O4/c1-24(2,23(32)33)34-20-11-4-16(5-12-20)14-22(31)30(3)19-10-13-21(29-15-19)17-6-8-18(9-7-17)25(26,27)28/h4-13,15H,14H2,1-3H3,(H,32,33). The molecule has 0 spiro atoms. The average molecular weight is 472 g/mol. The number of amides is 1. The summed E-state index contributed by atoms with van der Waals surface area (Å²) in [5.74, 6) is -0.921. The number of carboxylic acids is 1. The molecule has 3 aromatic rings. The summed E-state index contributed by atoms with van der Waals surface area (Å²) < 4.78 is 43.6.